The third-order valence-electron chi connectivity index (χ3n) is 7.53. The van der Waals surface area contributed by atoms with E-state index in [1.165, 1.54) is 25.7 Å². The molecule has 4 aliphatic rings. The molecule has 3 fully saturated rings. The van der Waals surface area contributed by atoms with E-state index in [0.29, 0.717) is 32.2 Å². The zero-order valence-corrected chi connectivity index (χ0v) is 17.8. The second-order valence-electron chi connectivity index (χ2n) is 9.20. The topological polar surface area (TPSA) is 67.7 Å². The summed E-state index contributed by atoms with van der Waals surface area (Å²) in [6.45, 7) is 4.46. The Morgan fingerprint density at radius 2 is 2.10 bits per heavy atom. The average Bonchev–Trinajstić information content (AvgIpc) is 3.48. The van der Waals surface area contributed by atoms with Crippen molar-refractivity contribution in [2.24, 2.45) is 11.8 Å². The minimum atomic E-state index is -0.601. The number of carbonyl (C=O) groups is 2. The molecule has 7 nitrogen and oxygen atoms in total. The van der Waals surface area contributed by atoms with Gasteiger partial charge in [0.15, 0.2) is 0 Å². The Hall–Kier alpha value is -2.15. The van der Waals surface area contributed by atoms with Gasteiger partial charge in [0.05, 0.1) is 31.0 Å². The summed E-state index contributed by atoms with van der Waals surface area (Å²) in [5.41, 5.74) is -0.601. The highest BCUT2D eigenvalue weighted by molar-refractivity contribution is 5.93. The van der Waals surface area contributed by atoms with E-state index in [9.17, 15) is 9.59 Å². The lowest BCUT2D eigenvalue weighted by molar-refractivity contribution is -0.144. The van der Waals surface area contributed by atoms with E-state index in [2.05, 4.69) is 16.1 Å². The van der Waals surface area contributed by atoms with Crippen molar-refractivity contribution < 1.29 is 14.3 Å². The molecule has 2 saturated heterocycles. The van der Waals surface area contributed by atoms with Crippen molar-refractivity contribution in [3.63, 3.8) is 0 Å². The molecule has 1 aromatic heterocycles. The van der Waals surface area contributed by atoms with Gasteiger partial charge in [-0.15, -0.1) is 0 Å². The van der Waals surface area contributed by atoms with E-state index in [1.54, 1.807) is 6.20 Å². The standard InChI is InChI=1S/C23H32N4O3/c1-2-25(14-15-26-13-7-12-24-26)21(28)19-18-10-11-23(30-18)16-27(22(29)20(19)23)17-8-5-3-4-6-9-17/h7,10-13,17-20H,2-6,8-9,14-16H2,1H3/t18-,19+,20+,23-/m0/s1. The lowest BCUT2D eigenvalue weighted by Crippen LogP contribution is -2.47. The van der Waals surface area contributed by atoms with Gasteiger partial charge in [0, 0.05) is 31.5 Å². The number of ether oxygens (including phenoxy) is 1. The quantitative estimate of drug-likeness (QED) is 0.531. The third kappa shape index (κ3) is 3.18. The number of carbonyl (C=O) groups excluding carboxylic acids is 2. The Balaban J connectivity index is 1.34. The monoisotopic (exact) mass is 412 g/mol. The number of rotatable bonds is 6. The van der Waals surface area contributed by atoms with Crippen LogP contribution in [0.15, 0.2) is 30.6 Å². The van der Waals surface area contributed by atoms with Crippen molar-refractivity contribution in [1.82, 2.24) is 19.6 Å². The Morgan fingerprint density at radius 1 is 1.30 bits per heavy atom. The first-order valence-corrected chi connectivity index (χ1v) is 11.6. The van der Waals surface area contributed by atoms with Crippen LogP contribution in [0.3, 0.4) is 0 Å². The summed E-state index contributed by atoms with van der Waals surface area (Å²) in [6, 6.07) is 2.18. The molecule has 0 aromatic carbocycles. The molecule has 0 radical (unpaired) electrons. The molecular weight excluding hydrogens is 380 g/mol. The van der Waals surface area contributed by atoms with E-state index in [-0.39, 0.29) is 23.8 Å². The van der Waals surface area contributed by atoms with Crippen LogP contribution >= 0.6 is 0 Å². The minimum Gasteiger partial charge on any atom is -0.360 e. The molecule has 30 heavy (non-hydrogen) atoms. The molecule has 162 valence electrons. The van der Waals surface area contributed by atoms with Gasteiger partial charge >= 0.3 is 0 Å². The summed E-state index contributed by atoms with van der Waals surface area (Å²) >= 11 is 0. The highest BCUT2D eigenvalue weighted by Crippen LogP contribution is 2.53. The number of likely N-dealkylation sites (N-methyl/N-ethyl adjacent to an activating group) is 1. The molecule has 3 aliphatic heterocycles. The van der Waals surface area contributed by atoms with Gasteiger partial charge in [-0.3, -0.25) is 14.3 Å². The Labute approximate surface area is 178 Å². The van der Waals surface area contributed by atoms with Crippen molar-refractivity contribution >= 4 is 11.8 Å². The van der Waals surface area contributed by atoms with Crippen molar-refractivity contribution in [3.05, 3.63) is 30.6 Å². The van der Waals surface area contributed by atoms with Crippen molar-refractivity contribution in [2.45, 2.75) is 69.7 Å². The number of fused-ring (bicyclic) bond motifs is 1. The van der Waals surface area contributed by atoms with Gasteiger partial charge in [-0.25, -0.2) is 0 Å². The molecule has 4 heterocycles. The van der Waals surface area contributed by atoms with Crippen LogP contribution in [0.1, 0.15) is 45.4 Å². The predicted molar refractivity (Wildman–Crippen MR) is 111 cm³/mol. The molecule has 2 bridgehead atoms. The van der Waals surface area contributed by atoms with Gasteiger partial charge in [0.2, 0.25) is 11.8 Å². The minimum absolute atomic E-state index is 0.0435. The molecule has 5 rings (SSSR count). The fourth-order valence-corrected chi connectivity index (χ4v) is 5.98. The smallest absolute Gasteiger partial charge is 0.230 e. The van der Waals surface area contributed by atoms with Crippen LogP contribution in [0.4, 0.5) is 0 Å². The van der Waals surface area contributed by atoms with Gasteiger partial charge in [-0.1, -0.05) is 37.8 Å². The third-order valence-corrected chi connectivity index (χ3v) is 7.53. The van der Waals surface area contributed by atoms with E-state index < -0.39 is 11.5 Å². The van der Waals surface area contributed by atoms with Crippen molar-refractivity contribution in [1.29, 1.82) is 0 Å². The summed E-state index contributed by atoms with van der Waals surface area (Å²) in [4.78, 5) is 31.1. The van der Waals surface area contributed by atoms with E-state index in [0.717, 1.165) is 12.8 Å². The first-order valence-electron chi connectivity index (χ1n) is 11.6. The zero-order valence-electron chi connectivity index (χ0n) is 17.8. The largest absolute Gasteiger partial charge is 0.360 e. The van der Waals surface area contributed by atoms with Crippen molar-refractivity contribution in [2.75, 3.05) is 19.6 Å². The molecular formula is C23H32N4O3. The number of hydrogen-bond donors (Lipinski definition) is 0. The molecule has 1 saturated carbocycles. The van der Waals surface area contributed by atoms with Crippen LogP contribution in [0, 0.1) is 11.8 Å². The second kappa shape index (κ2) is 7.84. The Morgan fingerprint density at radius 3 is 2.80 bits per heavy atom. The molecule has 7 heteroatoms. The highest BCUT2D eigenvalue weighted by Gasteiger charge is 2.67. The summed E-state index contributed by atoms with van der Waals surface area (Å²) in [6.07, 6.45) is 14.5. The molecule has 1 aromatic rings. The lowest BCUT2D eigenvalue weighted by atomic mass is 9.76. The molecule has 0 N–H and O–H groups in total. The fraction of sp³-hybridized carbons (Fsp3) is 0.696. The Bertz CT molecular complexity index is 814. The van der Waals surface area contributed by atoms with Crippen LogP contribution in [0.2, 0.25) is 0 Å². The first-order chi connectivity index (χ1) is 14.6. The molecule has 4 atom stereocenters. The predicted octanol–water partition coefficient (Wildman–Crippen LogP) is 2.24. The fourth-order valence-electron chi connectivity index (χ4n) is 5.98. The summed E-state index contributed by atoms with van der Waals surface area (Å²) in [5.74, 6) is -0.602. The van der Waals surface area contributed by atoms with Crippen LogP contribution in [-0.2, 0) is 20.9 Å². The zero-order chi connectivity index (χ0) is 20.7. The molecule has 1 aliphatic carbocycles. The van der Waals surface area contributed by atoms with Gasteiger partial charge in [0.25, 0.3) is 0 Å². The van der Waals surface area contributed by atoms with E-state index in [4.69, 9.17) is 4.74 Å². The number of nitrogens with zero attached hydrogens (tertiary/aromatic N) is 4. The maximum Gasteiger partial charge on any atom is 0.230 e. The number of likely N-dealkylation sites (tertiary alicyclic amines) is 1. The molecule has 1 spiro atoms. The normalized spacial score (nSPS) is 33.2. The average molecular weight is 413 g/mol. The number of amides is 2. The maximum atomic E-state index is 13.6. The number of aromatic nitrogens is 2. The van der Waals surface area contributed by atoms with Crippen LogP contribution in [-0.4, -0.2) is 68.8 Å². The highest BCUT2D eigenvalue weighted by atomic mass is 16.5. The van der Waals surface area contributed by atoms with Crippen LogP contribution < -0.4 is 0 Å². The number of hydrogen-bond acceptors (Lipinski definition) is 4. The second-order valence-corrected chi connectivity index (χ2v) is 9.20. The van der Waals surface area contributed by atoms with Gasteiger partial charge in [-0.2, -0.15) is 5.10 Å². The Kier molecular flexibility index (Phi) is 5.17. The van der Waals surface area contributed by atoms with Crippen LogP contribution in [0.5, 0.6) is 0 Å². The van der Waals surface area contributed by atoms with E-state index in [1.807, 2.05) is 34.8 Å². The van der Waals surface area contributed by atoms with Gasteiger partial charge in [-0.05, 0) is 25.8 Å². The molecule has 2 amide bonds. The van der Waals surface area contributed by atoms with Crippen molar-refractivity contribution in [3.8, 4) is 0 Å². The summed E-state index contributed by atoms with van der Waals surface area (Å²) < 4.78 is 8.18. The SMILES string of the molecule is CCN(CCn1cccn1)C(=O)[C@@H]1[C@@H]2C=C[C@@]3(CN(C4CCCCCC4)C(=O)[C@@H]13)O2. The maximum absolute atomic E-state index is 13.6. The molecule has 0 unspecified atom stereocenters. The lowest BCUT2D eigenvalue weighted by Gasteiger charge is -2.31. The van der Waals surface area contributed by atoms with Gasteiger partial charge in [0.1, 0.15) is 5.60 Å². The van der Waals surface area contributed by atoms with Gasteiger partial charge < -0.3 is 14.5 Å². The van der Waals surface area contributed by atoms with E-state index >= 15 is 0 Å². The first kappa shape index (κ1) is 19.8. The summed E-state index contributed by atoms with van der Waals surface area (Å²) in [7, 11) is 0. The summed E-state index contributed by atoms with van der Waals surface area (Å²) in [5, 5.41) is 4.23. The van der Waals surface area contributed by atoms with Crippen LogP contribution in [0.25, 0.3) is 0 Å².